The summed E-state index contributed by atoms with van der Waals surface area (Å²) in [5, 5.41) is 12.2. The van der Waals surface area contributed by atoms with E-state index in [0.717, 1.165) is 15.8 Å². The van der Waals surface area contributed by atoms with Crippen LogP contribution >= 0.6 is 22.7 Å². The quantitative estimate of drug-likeness (QED) is 0.227. The predicted molar refractivity (Wildman–Crippen MR) is 154 cm³/mol. The summed E-state index contributed by atoms with van der Waals surface area (Å²) in [6.07, 6.45) is 1.61. The Morgan fingerprint density at radius 3 is 2.49 bits per heavy atom. The third-order valence-electron chi connectivity index (χ3n) is 6.72. The minimum Gasteiger partial charge on any atom is -0.503 e. The molecule has 1 aliphatic rings. The number of amides is 1. The van der Waals surface area contributed by atoms with E-state index < -0.39 is 23.5 Å². The summed E-state index contributed by atoms with van der Waals surface area (Å²) >= 11 is 2.60. The lowest BCUT2D eigenvalue weighted by atomic mass is 9.98. The molecule has 6 rings (SSSR count). The van der Waals surface area contributed by atoms with Gasteiger partial charge in [0.1, 0.15) is 11.0 Å². The summed E-state index contributed by atoms with van der Waals surface area (Å²) in [6, 6.07) is 20.0. The Hall–Kier alpha value is -4.21. The Balaban J connectivity index is 1.46. The number of fused-ring (bicyclic) bond motifs is 1. The van der Waals surface area contributed by atoms with Gasteiger partial charge in [-0.25, -0.2) is 9.97 Å². The molecule has 5 aromatic rings. The molecule has 1 N–H and O–H groups in total. The van der Waals surface area contributed by atoms with Crippen molar-refractivity contribution in [3.05, 3.63) is 106 Å². The summed E-state index contributed by atoms with van der Waals surface area (Å²) in [7, 11) is 0. The maximum absolute atomic E-state index is 14.0. The number of anilines is 1. The molecule has 2 aromatic carbocycles. The van der Waals surface area contributed by atoms with Crippen LogP contribution in [0.3, 0.4) is 0 Å². The molecular weight excluding hydrogens is 528 g/mol. The minimum atomic E-state index is -0.932. The Labute approximate surface area is 233 Å². The summed E-state index contributed by atoms with van der Waals surface area (Å²) < 4.78 is 0.925. The molecular formula is C30H24N4O3S2. The van der Waals surface area contributed by atoms with Gasteiger partial charge in [-0.2, -0.15) is 0 Å². The lowest BCUT2D eigenvalue weighted by molar-refractivity contribution is -0.117. The maximum Gasteiger partial charge on any atom is 0.296 e. The molecule has 7 nitrogen and oxygen atoms in total. The van der Waals surface area contributed by atoms with Crippen LogP contribution in [0.2, 0.25) is 0 Å². The molecule has 0 fully saturated rings. The van der Waals surface area contributed by atoms with E-state index in [1.54, 1.807) is 31.3 Å². The summed E-state index contributed by atoms with van der Waals surface area (Å²) in [5.74, 6) is -1.37. The zero-order valence-electron chi connectivity index (χ0n) is 21.5. The van der Waals surface area contributed by atoms with Gasteiger partial charge >= 0.3 is 0 Å². The number of hydrogen-bond donors (Lipinski definition) is 1. The maximum atomic E-state index is 14.0. The number of Topliss-reactive ketones (excluding diaryl/α,β-unsaturated/α-hetero) is 1. The fourth-order valence-electron chi connectivity index (χ4n) is 4.68. The number of rotatable bonds is 6. The van der Waals surface area contributed by atoms with Gasteiger partial charge in [-0.3, -0.25) is 19.5 Å². The largest absolute Gasteiger partial charge is 0.503 e. The molecule has 0 aliphatic carbocycles. The van der Waals surface area contributed by atoms with Crippen molar-refractivity contribution >= 4 is 49.7 Å². The number of aliphatic hydroxyl groups is 1. The van der Waals surface area contributed by atoms with Crippen molar-refractivity contribution in [1.29, 1.82) is 0 Å². The van der Waals surface area contributed by atoms with Crippen molar-refractivity contribution in [3.63, 3.8) is 0 Å². The van der Waals surface area contributed by atoms with Gasteiger partial charge in [-0.15, -0.1) is 11.3 Å². The van der Waals surface area contributed by atoms with Crippen molar-refractivity contribution in [2.24, 2.45) is 0 Å². The number of carbonyl (C=O) groups is 2. The second kappa shape index (κ2) is 9.83. The Kier molecular flexibility index (Phi) is 6.32. The molecule has 9 heteroatoms. The first-order valence-corrected chi connectivity index (χ1v) is 14.1. The van der Waals surface area contributed by atoms with Gasteiger partial charge in [-0.1, -0.05) is 67.6 Å². The third kappa shape index (κ3) is 4.33. The molecule has 1 unspecified atom stereocenters. The van der Waals surface area contributed by atoms with E-state index in [0.29, 0.717) is 32.3 Å². The van der Waals surface area contributed by atoms with E-state index in [1.165, 1.54) is 33.1 Å². The van der Waals surface area contributed by atoms with Gasteiger partial charge in [0.2, 0.25) is 5.78 Å². The van der Waals surface area contributed by atoms with E-state index in [9.17, 15) is 14.7 Å². The first-order chi connectivity index (χ1) is 18.8. The van der Waals surface area contributed by atoms with Crippen LogP contribution in [0.15, 0.2) is 84.3 Å². The van der Waals surface area contributed by atoms with Crippen molar-refractivity contribution < 1.29 is 14.7 Å². The van der Waals surface area contributed by atoms with Gasteiger partial charge < -0.3 is 5.11 Å². The van der Waals surface area contributed by atoms with Crippen LogP contribution in [0.5, 0.6) is 0 Å². The van der Waals surface area contributed by atoms with Crippen LogP contribution in [0.25, 0.3) is 20.8 Å². The molecule has 1 amide bonds. The lowest BCUT2D eigenvalue weighted by Crippen LogP contribution is -2.31. The molecule has 0 saturated carbocycles. The topological polar surface area (TPSA) is 96.3 Å². The number of ketones is 1. The summed E-state index contributed by atoms with van der Waals surface area (Å²) in [6.45, 7) is 6.00. The highest BCUT2D eigenvalue weighted by Crippen LogP contribution is 2.45. The number of aliphatic hydroxyl groups excluding tert-OH is 1. The van der Waals surface area contributed by atoms with Crippen LogP contribution < -0.4 is 4.90 Å². The van der Waals surface area contributed by atoms with E-state index in [4.69, 9.17) is 4.98 Å². The van der Waals surface area contributed by atoms with Gasteiger partial charge in [-0.05, 0) is 42.7 Å². The Morgan fingerprint density at radius 1 is 1.00 bits per heavy atom. The zero-order valence-corrected chi connectivity index (χ0v) is 23.1. The second-order valence-corrected chi connectivity index (χ2v) is 11.6. The Bertz CT molecular complexity index is 1760. The average Bonchev–Trinajstić information content (AvgIpc) is 3.62. The van der Waals surface area contributed by atoms with Crippen LogP contribution in [-0.2, 0) is 4.79 Å². The molecule has 4 heterocycles. The Morgan fingerprint density at radius 2 is 1.77 bits per heavy atom. The smallest absolute Gasteiger partial charge is 0.296 e. The third-order valence-corrected chi connectivity index (χ3v) is 8.94. The molecule has 39 heavy (non-hydrogen) atoms. The van der Waals surface area contributed by atoms with Crippen LogP contribution in [0.1, 0.15) is 52.4 Å². The average molecular weight is 553 g/mol. The van der Waals surface area contributed by atoms with Gasteiger partial charge in [0.25, 0.3) is 5.91 Å². The fraction of sp³-hybridized carbons (Fsp3) is 0.167. The normalized spacial score (nSPS) is 15.6. The number of hydrogen-bond acceptors (Lipinski definition) is 8. The number of aromatic nitrogens is 3. The van der Waals surface area contributed by atoms with Gasteiger partial charge in [0, 0.05) is 11.8 Å². The van der Waals surface area contributed by atoms with Crippen molar-refractivity contribution in [2.75, 3.05) is 4.90 Å². The number of aryl methyl sites for hydroxylation is 1. The molecule has 1 aliphatic heterocycles. The minimum absolute atomic E-state index is 0.0211. The number of carbonyl (C=O) groups excluding carboxylic acids is 2. The van der Waals surface area contributed by atoms with E-state index >= 15 is 0 Å². The highest BCUT2D eigenvalue weighted by molar-refractivity contribution is 7.22. The first kappa shape index (κ1) is 25.1. The molecule has 0 saturated heterocycles. The van der Waals surface area contributed by atoms with E-state index in [2.05, 4.69) is 29.9 Å². The SMILES string of the molecule is Cc1nc(-c2ccccc2)sc1C(=O)C1=C(O)C(=O)N(c2nc3ccc(C(C)C)cc3s2)C1c1ccccn1. The fourth-order valence-corrected chi connectivity index (χ4v) is 6.74. The van der Waals surface area contributed by atoms with Crippen molar-refractivity contribution in [1.82, 2.24) is 15.0 Å². The predicted octanol–water partition coefficient (Wildman–Crippen LogP) is 7.03. The summed E-state index contributed by atoms with van der Waals surface area (Å²) in [4.78, 5) is 43.2. The highest BCUT2D eigenvalue weighted by Gasteiger charge is 2.47. The number of benzene rings is 2. The second-order valence-electron chi connectivity index (χ2n) is 9.60. The van der Waals surface area contributed by atoms with Gasteiger partial charge in [0.05, 0.1) is 32.1 Å². The standard InChI is InChI=1S/C30H24N4O3S2/c1-16(2)19-12-13-20-22(15-19)38-30(33-20)34-24(21-11-7-8-14-31-21)23(26(36)29(34)37)25(35)27-17(3)32-28(39-27)18-9-5-4-6-10-18/h4-16,24,36H,1-3H3. The number of nitrogens with zero attached hydrogens (tertiary/aromatic N) is 4. The first-order valence-electron chi connectivity index (χ1n) is 12.5. The van der Waals surface area contributed by atoms with E-state index in [1.807, 2.05) is 42.5 Å². The number of thiazole rings is 2. The molecule has 0 bridgehead atoms. The molecule has 0 spiro atoms. The van der Waals surface area contributed by atoms with Crippen LogP contribution in [0.4, 0.5) is 5.13 Å². The lowest BCUT2D eigenvalue weighted by Gasteiger charge is -2.23. The zero-order chi connectivity index (χ0) is 27.3. The number of pyridine rings is 1. The monoisotopic (exact) mass is 552 g/mol. The van der Waals surface area contributed by atoms with Crippen molar-refractivity contribution in [3.8, 4) is 10.6 Å². The molecule has 3 aromatic heterocycles. The van der Waals surface area contributed by atoms with Crippen LogP contribution in [-0.4, -0.2) is 31.7 Å². The molecule has 0 radical (unpaired) electrons. The van der Waals surface area contributed by atoms with Crippen LogP contribution in [0, 0.1) is 6.92 Å². The van der Waals surface area contributed by atoms with E-state index in [-0.39, 0.29) is 5.57 Å². The van der Waals surface area contributed by atoms with Crippen molar-refractivity contribution in [2.45, 2.75) is 32.7 Å². The summed E-state index contributed by atoms with van der Waals surface area (Å²) in [5.41, 5.74) is 3.79. The molecule has 194 valence electrons. The van der Waals surface area contributed by atoms with Gasteiger partial charge in [0.15, 0.2) is 10.9 Å². The highest BCUT2D eigenvalue weighted by atomic mass is 32.1. The molecule has 1 atom stereocenters.